The Balaban J connectivity index is 1.55. The number of anilines is 1. The Morgan fingerprint density at radius 3 is 2.57 bits per heavy atom. The first-order valence-electron chi connectivity index (χ1n) is 10.1. The average molecular weight is 415 g/mol. The monoisotopic (exact) mass is 415 g/mol. The molecule has 0 saturated heterocycles. The fourth-order valence-electron chi connectivity index (χ4n) is 5.20. The predicted molar refractivity (Wildman–Crippen MR) is 104 cm³/mol. The molecule has 3 aromatic heterocycles. The molecule has 3 aromatic rings. The summed E-state index contributed by atoms with van der Waals surface area (Å²) in [5.74, 6) is -2.09. The van der Waals surface area contributed by atoms with E-state index in [1.807, 2.05) is 0 Å². The van der Waals surface area contributed by atoms with Crippen LogP contribution in [0.3, 0.4) is 0 Å². The van der Waals surface area contributed by atoms with E-state index in [1.165, 1.54) is 6.07 Å². The second-order valence-corrected chi connectivity index (χ2v) is 8.25. The van der Waals surface area contributed by atoms with Crippen molar-refractivity contribution in [1.29, 1.82) is 0 Å². The van der Waals surface area contributed by atoms with E-state index in [-0.39, 0.29) is 57.8 Å². The topological polar surface area (TPSA) is 83.6 Å². The molecule has 9 heteroatoms. The lowest BCUT2D eigenvalue weighted by molar-refractivity contribution is -0.126. The largest absolute Gasteiger partial charge is 0.364 e. The molecule has 0 unspecified atom stereocenters. The lowest BCUT2D eigenvalue weighted by Gasteiger charge is -2.48. The Bertz CT molecular complexity index is 1140. The van der Waals surface area contributed by atoms with Crippen molar-refractivity contribution in [2.75, 3.05) is 5.32 Å². The third kappa shape index (κ3) is 3.03. The molecule has 30 heavy (non-hydrogen) atoms. The van der Waals surface area contributed by atoms with Gasteiger partial charge in [-0.05, 0) is 50.5 Å². The molecule has 6 rings (SSSR count). The van der Waals surface area contributed by atoms with E-state index in [1.54, 1.807) is 6.92 Å². The van der Waals surface area contributed by atoms with Gasteiger partial charge in [0.05, 0.1) is 17.3 Å². The van der Waals surface area contributed by atoms with E-state index in [0.29, 0.717) is 0 Å². The molecule has 3 saturated carbocycles. The standard InChI is InChI=1S/C21H20F3N5O/c1-9(30)16-10-2-4-11(5-3-10)17(16)26-21-15(24)7-14(23)19(27-21)18-13-6-12(22)8-25-20(13)29-28-18/h6-8,10-11,16-17H,2-5H2,1H3,(H,26,27)(H,25,28,29)/t10?,11?,16-,17-/m1/s1. The zero-order chi connectivity index (χ0) is 21.0. The minimum absolute atomic E-state index is 0.0748. The van der Waals surface area contributed by atoms with Gasteiger partial charge in [-0.2, -0.15) is 5.10 Å². The van der Waals surface area contributed by atoms with Crippen LogP contribution in [0.25, 0.3) is 22.4 Å². The predicted octanol–water partition coefficient (Wildman–Crippen LogP) is 4.24. The van der Waals surface area contributed by atoms with Crippen molar-refractivity contribution in [1.82, 2.24) is 20.2 Å². The highest BCUT2D eigenvalue weighted by Gasteiger charge is 2.46. The van der Waals surface area contributed by atoms with E-state index < -0.39 is 17.5 Å². The van der Waals surface area contributed by atoms with Crippen LogP contribution in [0.5, 0.6) is 0 Å². The van der Waals surface area contributed by atoms with Crippen LogP contribution in [-0.4, -0.2) is 32.0 Å². The molecule has 2 atom stereocenters. The van der Waals surface area contributed by atoms with Gasteiger partial charge in [-0.15, -0.1) is 0 Å². The van der Waals surface area contributed by atoms with Gasteiger partial charge in [-0.1, -0.05) is 0 Å². The van der Waals surface area contributed by atoms with E-state index in [9.17, 15) is 18.0 Å². The van der Waals surface area contributed by atoms with Crippen LogP contribution in [0.4, 0.5) is 19.0 Å². The molecule has 0 amide bonds. The van der Waals surface area contributed by atoms with Crippen LogP contribution in [-0.2, 0) is 4.79 Å². The van der Waals surface area contributed by atoms with Gasteiger partial charge in [0, 0.05) is 18.0 Å². The fraction of sp³-hybridized carbons (Fsp3) is 0.429. The summed E-state index contributed by atoms with van der Waals surface area (Å²) < 4.78 is 42.9. The molecular weight excluding hydrogens is 395 g/mol. The maximum atomic E-state index is 14.6. The highest BCUT2D eigenvalue weighted by Crippen LogP contribution is 2.46. The van der Waals surface area contributed by atoms with Crippen molar-refractivity contribution in [3.8, 4) is 11.4 Å². The first-order valence-corrected chi connectivity index (χ1v) is 10.1. The van der Waals surface area contributed by atoms with Crippen molar-refractivity contribution in [3.63, 3.8) is 0 Å². The normalized spacial score (nSPS) is 25.6. The van der Waals surface area contributed by atoms with Crippen LogP contribution in [0.1, 0.15) is 32.6 Å². The summed E-state index contributed by atoms with van der Waals surface area (Å²) in [6.07, 6.45) is 4.94. The summed E-state index contributed by atoms with van der Waals surface area (Å²) in [4.78, 5) is 20.3. The number of fused-ring (bicyclic) bond motifs is 4. The molecule has 0 aromatic carbocycles. The van der Waals surface area contributed by atoms with Crippen molar-refractivity contribution in [3.05, 3.63) is 35.8 Å². The molecular formula is C21H20F3N5O. The maximum Gasteiger partial charge on any atom is 0.181 e. The first kappa shape index (κ1) is 19.0. The molecule has 3 aliphatic carbocycles. The van der Waals surface area contributed by atoms with Crippen LogP contribution < -0.4 is 5.32 Å². The van der Waals surface area contributed by atoms with Gasteiger partial charge in [0.1, 0.15) is 17.3 Å². The summed E-state index contributed by atoms with van der Waals surface area (Å²) >= 11 is 0. The van der Waals surface area contributed by atoms with E-state index in [4.69, 9.17) is 0 Å². The Morgan fingerprint density at radius 2 is 1.83 bits per heavy atom. The first-order chi connectivity index (χ1) is 14.4. The molecule has 3 aliphatic rings. The lowest BCUT2D eigenvalue weighted by atomic mass is 9.60. The van der Waals surface area contributed by atoms with Gasteiger partial charge in [0.2, 0.25) is 0 Å². The molecule has 3 heterocycles. The van der Waals surface area contributed by atoms with Gasteiger partial charge in [-0.25, -0.2) is 23.1 Å². The number of hydrogen-bond donors (Lipinski definition) is 2. The van der Waals surface area contributed by atoms with Crippen molar-refractivity contribution < 1.29 is 18.0 Å². The summed E-state index contributed by atoms with van der Waals surface area (Å²) in [5.41, 5.74) is 0.132. The molecule has 2 bridgehead atoms. The number of hydrogen-bond acceptors (Lipinski definition) is 5. The molecule has 156 valence electrons. The number of H-pyrrole nitrogens is 1. The third-order valence-corrected chi connectivity index (χ3v) is 6.53. The van der Waals surface area contributed by atoms with Crippen LogP contribution in [0, 0.1) is 35.2 Å². The minimum Gasteiger partial charge on any atom is -0.364 e. The number of carbonyl (C=O) groups excluding carboxylic acids is 1. The lowest BCUT2D eigenvalue weighted by Crippen LogP contribution is -2.51. The molecule has 3 fully saturated rings. The van der Waals surface area contributed by atoms with Gasteiger partial charge < -0.3 is 5.32 Å². The number of carbonyl (C=O) groups is 1. The molecule has 0 radical (unpaired) electrons. The number of nitrogens with one attached hydrogen (secondary N) is 2. The zero-order valence-electron chi connectivity index (χ0n) is 16.3. The summed E-state index contributed by atoms with van der Waals surface area (Å²) in [5, 5.41) is 9.91. The zero-order valence-corrected chi connectivity index (χ0v) is 16.3. The van der Waals surface area contributed by atoms with Crippen LogP contribution >= 0.6 is 0 Å². The number of rotatable bonds is 4. The Labute approximate surface area is 170 Å². The second-order valence-electron chi connectivity index (χ2n) is 8.25. The van der Waals surface area contributed by atoms with Crippen LogP contribution in [0.2, 0.25) is 0 Å². The summed E-state index contributed by atoms with van der Waals surface area (Å²) in [7, 11) is 0. The Hall–Kier alpha value is -2.97. The van der Waals surface area contributed by atoms with Gasteiger partial charge in [0.15, 0.2) is 23.1 Å². The Kier molecular flexibility index (Phi) is 4.48. The number of nitrogens with zero attached hydrogens (tertiary/aromatic N) is 3. The van der Waals surface area contributed by atoms with E-state index in [0.717, 1.165) is 37.9 Å². The molecule has 2 N–H and O–H groups in total. The van der Waals surface area contributed by atoms with Crippen molar-refractivity contribution >= 4 is 22.6 Å². The van der Waals surface area contributed by atoms with Gasteiger partial charge in [-0.3, -0.25) is 9.89 Å². The molecule has 0 aliphatic heterocycles. The van der Waals surface area contributed by atoms with Gasteiger partial charge in [0.25, 0.3) is 0 Å². The number of ketones is 1. The molecule has 0 spiro atoms. The number of aromatic amines is 1. The highest BCUT2D eigenvalue weighted by molar-refractivity contribution is 5.90. The summed E-state index contributed by atoms with van der Waals surface area (Å²) in [6, 6.07) is 1.67. The van der Waals surface area contributed by atoms with Crippen LogP contribution in [0.15, 0.2) is 18.3 Å². The quantitative estimate of drug-likeness (QED) is 0.666. The Morgan fingerprint density at radius 1 is 1.10 bits per heavy atom. The smallest absolute Gasteiger partial charge is 0.181 e. The number of pyridine rings is 2. The number of halogens is 3. The van der Waals surface area contributed by atoms with Crippen molar-refractivity contribution in [2.24, 2.45) is 17.8 Å². The summed E-state index contributed by atoms with van der Waals surface area (Å²) in [6.45, 7) is 1.57. The SMILES string of the molecule is CC(=O)[C@@H]1C2CCC(CC2)[C@H]1Nc1nc(-c2[nH]nc3ncc(F)cc23)c(F)cc1F. The second kappa shape index (κ2) is 7.07. The van der Waals surface area contributed by atoms with E-state index in [2.05, 4.69) is 25.5 Å². The van der Waals surface area contributed by atoms with Gasteiger partial charge >= 0.3 is 0 Å². The van der Waals surface area contributed by atoms with Crippen molar-refractivity contribution in [2.45, 2.75) is 38.6 Å². The van der Waals surface area contributed by atoms with E-state index >= 15 is 0 Å². The number of aromatic nitrogens is 4. The molecule has 6 nitrogen and oxygen atoms in total. The average Bonchev–Trinajstić information content (AvgIpc) is 3.13. The number of Topliss-reactive ketones (excluding diaryl/α,β-unsaturated/α-hetero) is 1. The fourth-order valence-corrected chi connectivity index (χ4v) is 5.20. The highest BCUT2D eigenvalue weighted by atomic mass is 19.1. The minimum atomic E-state index is -0.902. The third-order valence-electron chi connectivity index (χ3n) is 6.53. The maximum absolute atomic E-state index is 14.6.